The van der Waals surface area contributed by atoms with Crippen LogP contribution < -0.4 is 33.2 Å². The number of nitrogens with two attached hydrogens (primary N) is 3. The standard InChI is InChI=1S/C12H24N2O2S2.C12H26N2O2S2.C7H16N2O2S.ClH/c13-6-8-16-9-7-14-12(15)4-2-1-3-11-5-10-17-18-11;13-6-8-16-9-7-14-12(15)4-2-1-3-11(18)5-10-17;8-2-4-11-5-3-9-7(10)1-6-12;/h11H,1-10,13H2,(H,14,15);11,17-18H,1-10,13H2,(H,14,15);12H,1-6,8H2,(H,9,10);1H. The third kappa shape index (κ3) is 44.3. The van der Waals surface area contributed by atoms with Gasteiger partial charge in [0.15, 0.2) is 0 Å². The lowest BCUT2D eigenvalue weighted by molar-refractivity contribution is -0.122. The first-order valence-corrected chi connectivity index (χ1v) is 21.3. The third-order valence-electron chi connectivity index (χ3n) is 6.39. The molecule has 1 fully saturated rings. The van der Waals surface area contributed by atoms with Crippen molar-refractivity contribution in [2.45, 2.75) is 81.1 Å². The molecule has 0 bridgehead atoms. The first-order chi connectivity index (χ1) is 23.3. The second-order valence-corrected chi connectivity index (χ2v) is 15.1. The average molecular weight is 816 g/mol. The van der Waals surface area contributed by atoms with Crippen LogP contribution in [-0.2, 0) is 28.6 Å². The van der Waals surface area contributed by atoms with Crippen LogP contribution in [0.3, 0.4) is 0 Å². The Hall–Kier alpha value is 0.210. The molecule has 18 heteroatoms. The van der Waals surface area contributed by atoms with Crippen molar-refractivity contribution in [1.29, 1.82) is 0 Å². The van der Waals surface area contributed by atoms with E-state index in [-0.39, 0.29) is 30.1 Å². The number of amides is 3. The number of unbranched alkanes of at least 4 members (excludes halogenated alkanes) is 2. The van der Waals surface area contributed by atoms with Crippen molar-refractivity contribution in [2.75, 3.05) is 96.2 Å². The second-order valence-electron chi connectivity index (χ2n) is 10.7. The molecule has 0 aliphatic carbocycles. The predicted octanol–water partition coefficient (Wildman–Crippen LogP) is 2.87. The van der Waals surface area contributed by atoms with Crippen molar-refractivity contribution in [3.63, 3.8) is 0 Å². The molecule has 1 saturated heterocycles. The lowest BCUT2D eigenvalue weighted by Gasteiger charge is -2.08. The molecule has 3 amide bonds. The summed E-state index contributed by atoms with van der Waals surface area (Å²) in [5, 5.41) is 9.60. The quantitative estimate of drug-likeness (QED) is 0.0307. The molecular weight excluding hydrogens is 748 g/mol. The van der Waals surface area contributed by atoms with E-state index in [1.54, 1.807) is 0 Å². The van der Waals surface area contributed by atoms with Crippen LogP contribution in [0.5, 0.6) is 0 Å². The van der Waals surface area contributed by atoms with Gasteiger partial charge in [-0.15, -0.1) is 12.4 Å². The number of hydrogen-bond donors (Lipinski definition) is 9. The van der Waals surface area contributed by atoms with Gasteiger partial charge in [0, 0.05) is 74.8 Å². The van der Waals surface area contributed by atoms with Crippen LogP contribution in [0.1, 0.15) is 70.6 Å². The molecule has 49 heavy (non-hydrogen) atoms. The van der Waals surface area contributed by atoms with Crippen molar-refractivity contribution in [3.8, 4) is 0 Å². The highest BCUT2D eigenvalue weighted by atomic mass is 35.5. The molecule has 0 aromatic rings. The monoisotopic (exact) mass is 814 g/mol. The van der Waals surface area contributed by atoms with E-state index in [0.717, 1.165) is 49.5 Å². The summed E-state index contributed by atoms with van der Waals surface area (Å²) in [7, 11) is 3.99. The van der Waals surface area contributed by atoms with E-state index in [1.165, 1.54) is 18.6 Å². The fourth-order valence-electron chi connectivity index (χ4n) is 3.89. The summed E-state index contributed by atoms with van der Waals surface area (Å²) in [5.41, 5.74) is 15.8. The molecule has 0 saturated carbocycles. The van der Waals surface area contributed by atoms with E-state index in [9.17, 15) is 14.4 Å². The first-order valence-electron chi connectivity index (χ1n) is 17.2. The lowest BCUT2D eigenvalue weighted by atomic mass is 10.1. The second kappa shape index (κ2) is 44.4. The number of ether oxygens (including phenoxy) is 3. The molecule has 294 valence electrons. The fraction of sp³-hybridized carbons (Fsp3) is 0.903. The Balaban J connectivity index is -0.000000656. The molecule has 12 nitrogen and oxygen atoms in total. The van der Waals surface area contributed by atoms with Gasteiger partial charge < -0.3 is 47.4 Å². The van der Waals surface area contributed by atoms with E-state index in [2.05, 4.69) is 53.8 Å². The topological polar surface area (TPSA) is 193 Å². The Labute approximate surface area is 326 Å². The number of halogens is 1. The number of hydrogen-bond acceptors (Lipinski definition) is 14. The largest absolute Gasteiger partial charge is 0.378 e. The van der Waals surface area contributed by atoms with Crippen LogP contribution in [-0.4, -0.2) is 124 Å². The van der Waals surface area contributed by atoms with Crippen molar-refractivity contribution < 1.29 is 28.6 Å². The van der Waals surface area contributed by atoms with Crippen molar-refractivity contribution >= 4 is 89.6 Å². The summed E-state index contributed by atoms with van der Waals surface area (Å²) in [6.45, 7) is 6.53. The zero-order chi connectivity index (χ0) is 35.9. The molecular formula is C31H67ClN6O6S5. The molecule has 0 spiro atoms. The minimum atomic E-state index is 0. The summed E-state index contributed by atoms with van der Waals surface area (Å²) >= 11 is 12.5. The maximum atomic E-state index is 11.5. The summed E-state index contributed by atoms with van der Waals surface area (Å²) in [6.07, 6.45) is 10.5. The number of nitrogens with one attached hydrogen (secondary N) is 3. The highest BCUT2D eigenvalue weighted by Crippen LogP contribution is 2.39. The van der Waals surface area contributed by atoms with Crippen LogP contribution in [0.4, 0.5) is 0 Å². The summed E-state index contributed by atoms with van der Waals surface area (Å²) in [6, 6.07) is 0. The SMILES string of the molecule is Cl.NCCOCCNC(=O)CCCCC(S)CCS.NCCOCCNC(=O)CCCCC1CCSS1.NCCOCCNC(=O)CCS. The Morgan fingerprint density at radius 3 is 1.55 bits per heavy atom. The zero-order valence-corrected chi connectivity index (χ0v) is 34.4. The van der Waals surface area contributed by atoms with E-state index < -0.39 is 0 Å². The number of thiol groups is 3. The molecule has 2 atom stereocenters. The van der Waals surface area contributed by atoms with E-state index >= 15 is 0 Å². The molecule has 1 rings (SSSR count). The fourth-order valence-corrected chi connectivity index (χ4v) is 7.95. The average Bonchev–Trinajstić information content (AvgIpc) is 3.59. The maximum Gasteiger partial charge on any atom is 0.220 e. The van der Waals surface area contributed by atoms with Gasteiger partial charge in [0.05, 0.1) is 39.6 Å². The van der Waals surface area contributed by atoms with Gasteiger partial charge in [0.2, 0.25) is 17.7 Å². The van der Waals surface area contributed by atoms with Gasteiger partial charge in [-0.3, -0.25) is 14.4 Å². The van der Waals surface area contributed by atoms with Gasteiger partial charge in [-0.2, -0.15) is 37.9 Å². The Bertz CT molecular complexity index is 740. The van der Waals surface area contributed by atoms with Crippen LogP contribution in [0.15, 0.2) is 0 Å². The summed E-state index contributed by atoms with van der Waals surface area (Å²) in [4.78, 5) is 33.7. The molecule has 0 aromatic heterocycles. The van der Waals surface area contributed by atoms with Gasteiger partial charge >= 0.3 is 0 Å². The van der Waals surface area contributed by atoms with E-state index in [4.69, 9.17) is 31.4 Å². The molecule has 1 aliphatic heterocycles. The van der Waals surface area contributed by atoms with Gasteiger partial charge in [-0.25, -0.2) is 0 Å². The summed E-state index contributed by atoms with van der Waals surface area (Å²) < 4.78 is 15.4. The van der Waals surface area contributed by atoms with Crippen molar-refractivity contribution in [1.82, 2.24) is 16.0 Å². The van der Waals surface area contributed by atoms with Crippen LogP contribution >= 0.6 is 71.9 Å². The Kier molecular flexibility index (Phi) is 48.5. The zero-order valence-electron chi connectivity index (χ0n) is 29.3. The number of carbonyl (C=O) groups excluding carboxylic acids is 3. The molecule has 2 unspecified atom stereocenters. The first kappa shape index (κ1) is 53.6. The summed E-state index contributed by atoms with van der Waals surface area (Å²) in [5.74, 6) is 2.99. The third-order valence-corrected chi connectivity index (χ3v) is 10.4. The van der Waals surface area contributed by atoms with Gasteiger partial charge in [-0.1, -0.05) is 34.4 Å². The Morgan fingerprint density at radius 1 is 0.673 bits per heavy atom. The minimum Gasteiger partial charge on any atom is -0.378 e. The van der Waals surface area contributed by atoms with Gasteiger partial charge in [-0.05, 0) is 50.0 Å². The van der Waals surface area contributed by atoms with Crippen molar-refractivity contribution in [2.24, 2.45) is 17.2 Å². The molecule has 9 N–H and O–H groups in total. The van der Waals surface area contributed by atoms with Crippen LogP contribution in [0.25, 0.3) is 0 Å². The normalized spacial score (nSPS) is 14.0. The molecule has 0 aromatic carbocycles. The van der Waals surface area contributed by atoms with E-state index in [0.29, 0.717) is 109 Å². The van der Waals surface area contributed by atoms with Crippen molar-refractivity contribution in [3.05, 3.63) is 0 Å². The molecule has 0 radical (unpaired) electrons. The smallest absolute Gasteiger partial charge is 0.220 e. The molecule has 1 heterocycles. The lowest BCUT2D eigenvalue weighted by Crippen LogP contribution is -2.27. The molecule has 1 aliphatic rings. The maximum absolute atomic E-state index is 11.5. The van der Waals surface area contributed by atoms with E-state index in [1.807, 2.05) is 21.6 Å². The number of rotatable bonds is 29. The highest BCUT2D eigenvalue weighted by Gasteiger charge is 2.15. The van der Waals surface area contributed by atoms with Gasteiger partial charge in [0.25, 0.3) is 0 Å². The minimum absolute atomic E-state index is 0. The van der Waals surface area contributed by atoms with Crippen LogP contribution in [0.2, 0.25) is 0 Å². The number of carbonyl (C=O) groups is 3. The van der Waals surface area contributed by atoms with Crippen LogP contribution in [0, 0.1) is 0 Å². The highest BCUT2D eigenvalue weighted by molar-refractivity contribution is 8.77. The van der Waals surface area contributed by atoms with Gasteiger partial charge in [0.1, 0.15) is 0 Å². The Morgan fingerprint density at radius 2 is 1.14 bits per heavy atom. The predicted molar refractivity (Wildman–Crippen MR) is 221 cm³/mol.